The van der Waals surface area contributed by atoms with Crippen LogP contribution in [0.1, 0.15) is 37.3 Å². The summed E-state index contributed by atoms with van der Waals surface area (Å²) in [6.45, 7) is 4.08. The van der Waals surface area contributed by atoms with Crippen molar-refractivity contribution in [1.29, 1.82) is 0 Å². The van der Waals surface area contributed by atoms with Gasteiger partial charge in [-0.15, -0.1) is 0 Å². The van der Waals surface area contributed by atoms with Crippen molar-refractivity contribution in [3.63, 3.8) is 0 Å². The van der Waals surface area contributed by atoms with Crippen LogP contribution in [-0.4, -0.2) is 65.9 Å². The molecule has 1 saturated heterocycles. The Labute approximate surface area is 192 Å². The van der Waals surface area contributed by atoms with Crippen molar-refractivity contribution >= 4 is 18.0 Å². The van der Waals surface area contributed by atoms with Gasteiger partial charge >= 0.3 is 12.1 Å². The van der Waals surface area contributed by atoms with Gasteiger partial charge in [-0.2, -0.15) is 0 Å². The highest BCUT2D eigenvalue weighted by Gasteiger charge is 2.35. The Kier molecular flexibility index (Phi) is 6.37. The summed E-state index contributed by atoms with van der Waals surface area (Å²) in [5.74, 6) is -1.20. The summed E-state index contributed by atoms with van der Waals surface area (Å²) in [6, 6.07) is 16.3. The Morgan fingerprint density at radius 2 is 1.61 bits per heavy atom. The zero-order valence-electron chi connectivity index (χ0n) is 18.7. The summed E-state index contributed by atoms with van der Waals surface area (Å²) in [7, 11) is 0. The molecule has 4 rings (SSSR count). The number of amides is 2. The third-order valence-electron chi connectivity index (χ3n) is 6.02. The number of benzene rings is 2. The van der Waals surface area contributed by atoms with Crippen molar-refractivity contribution in [2.24, 2.45) is 0 Å². The molecule has 174 valence electrons. The quantitative estimate of drug-likeness (QED) is 0.638. The number of carboxylic acid groups (broad SMARTS) is 1. The van der Waals surface area contributed by atoms with Gasteiger partial charge in [0, 0.05) is 31.0 Å². The van der Waals surface area contributed by atoms with Gasteiger partial charge in [0.25, 0.3) is 0 Å². The number of carbonyl (C=O) groups excluding carboxylic acids is 2. The number of carboxylic acids is 1. The van der Waals surface area contributed by atoms with Crippen LogP contribution in [0, 0.1) is 0 Å². The zero-order chi connectivity index (χ0) is 23.6. The zero-order valence-corrected chi connectivity index (χ0v) is 18.7. The molecule has 0 spiro atoms. The molecule has 2 N–H and O–H groups in total. The molecule has 1 aliphatic heterocycles. The molecular formula is C25H28N2O6. The molecule has 0 bridgehead atoms. The highest BCUT2D eigenvalue weighted by Crippen LogP contribution is 2.44. The topological polar surface area (TPSA) is 105 Å². The van der Waals surface area contributed by atoms with E-state index in [-0.39, 0.29) is 37.6 Å². The lowest BCUT2D eigenvalue weighted by Crippen LogP contribution is -2.57. The van der Waals surface area contributed by atoms with Crippen LogP contribution >= 0.6 is 0 Å². The third-order valence-corrected chi connectivity index (χ3v) is 6.02. The molecule has 0 unspecified atom stereocenters. The van der Waals surface area contributed by atoms with E-state index in [9.17, 15) is 14.4 Å². The van der Waals surface area contributed by atoms with Crippen LogP contribution in [-0.2, 0) is 19.1 Å². The first kappa shape index (κ1) is 22.8. The van der Waals surface area contributed by atoms with Crippen molar-refractivity contribution in [1.82, 2.24) is 10.2 Å². The largest absolute Gasteiger partial charge is 0.480 e. The number of nitrogens with zero attached hydrogens (tertiary/aromatic N) is 1. The molecule has 2 amide bonds. The van der Waals surface area contributed by atoms with Gasteiger partial charge in [-0.1, -0.05) is 48.5 Å². The summed E-state index contributed by atoms with van der Waals surface area (Å²) < 4.78 is 10.7. The van der Waals surface area contributed by atoms with Gasteiger partial charge in [-0.05, 0) is 36.1 Å². The predicted molar refractivity (Wildman–Crippen MR) is 121 cm³/mol. The van der Waals surface area contributed by atoms with Gasteiger partial charge in [0.05, 0.1) is 6.10 Å². The fourth-order valence-corrected chi connectivity index (χ4v) is 4.38. The first-order chi connectivity index (χ1) is 15.7. The summed E-state index contributed by atoms with van der Waals surface area (Å²) in [5, 5.41) is 11.4. The molecule has 0 saturated carbocycles. The Bertz CT molecular complexity index is 1010. The number of hydrogen-bond donors (Lipinski definition) is 2. The number of rotatable bonds is 8. The number of carbonyl (C=O) groups is 3. The van der Waals surface area contributed by atoms with Crippen LogP contribution in [0.3, 0.4) is 0 Å². The average Bonchev–Trinajstić information content (AvgIpc) is 3.04. The Morgan fingerprint density at radius 1 is 1.03 bits per heavy atom. The summed E-state index contributed by atoms with van der Waals surface area (Å²) in [5.41, 5.74) is 3.80. The lowest BCUT2D eigenvalue weighted by Gasteiger charge is -2.40. The maximum Gasteiger partial charge on any atom is 0.407 e. The van der Waals surface area contributed by atoms with Crippen LogP contribution in [0.2, 0.25) is 0 Å². The highest BCUT2D eigenvalue weighted by molar-refractivity contribution is 5.80. The standard InChI is InChI=1S/C25H28N2O6/c1-25(2,11-22(28)27-12-16(13-27)32-15-23(29)30)26-24(31)33-14-21-19-9-5-3-7-17(19)18-8-4-6-10-20(18)21/h3-10,16,21H,11-15H2,1-2H3,(H,26,31)(H,29,30). The molecule has 33 heavy (non-hydrogen) atoms. The van der Waals surface area contributed by atoms with E-state index in [1.165, 1.54) is 0 Å². The first-order valence-electron chi connectivity index (χ1n) is 11.0. The molecular weight excluding hydrogens is 424 g/mol. The monoisotopic (exact) mass is 452 g/mol. The normalized spacial score (nSPS) is 15.4. The minimum Gasteiger partial charge on any atom is -0.480 e. The second-order valence-corrected chi connectivity index (χ2v) is 9.14. The van der Waals surface area contributed by atoms with Crippen LogP contribution in [0.25, 0.3) is 11.1 Å². The van der Waals surface area contributed by atoms with Gasteiger partial charge in [0.2, 0.25) is 5.91 Å². The predicted octanol–water partition coefficient (Wildman–Crippen LogP) is 3.01. The molecule has 8 nitrogen and oxygen atoms in total. The number of alkyl carbamates (subject to hydrolysis) is 1. The molecule has 2 aliphatic rings. The molecule has 1 fully saturated rings. The number of nitrogens with one attached hydrogen (secondary N) is 1. The van der Waals surface area contributed by atoms with E-state index in [0.717, 1.165) is 22.3 Å². The van der Waals surface area contributed by atoms with E-state index in [1.54, 1.807) is 18.7 Å². The van der Waals surface area contributed by atoms with Gasteiger partial charge in [-0.25, -0.2) is 9.59 Å². The minimum absolute atomic E-state index is 0.0308. The lowest BCUT2D eigenvalue weighted by molar-refractivity contribution is -0.154. The second kappa shape index (κ2) is 9.23. The summed E-state index contributed by atoms with van der Waals surface area (Å²) >= 11 is 0. The fraction of sp³-hybridized carbons (Fsp3) is 0.400. The van der Waals surface area contributed by atoms with E-state index in [2.05, 4.69) is 29.6 Å². The van der Waals surface area contributed by atoms with E-state index < -0.39 is 17.6 Å². The van der Waals surface area contributed by atoms with Gasteiger partial charge in [0.1, 0.15) is 13.2 Å². The van der Waals surface area contributed by atoms with Crippen LogP contribution in [0.4, 0.5) is 4.79 Å². The number of fused-ring (bicyclic) bond motifs is 3. The number of aliphatic carboxylic acids is 1. The van der Waals surface area contributed by atoms with Gasteiger partial charge in [0.15, 0.2) is 0 Å². The molecule has 2 aromatic rings. The SMILES string of the molecule is CC(C)(CC(=O)N1CC(OCC(=O)O)C1)NC(=O)OCC1c2ccccc2-c2ccccc21. The van der Waals surface area contributed by atoms with Crippen molar-refractivity contribution in [2.45, 2.75) is 37.8 Å². The van der Waals surface area contributed by atoms with Crippen LogP contribution in [0.5, 0.6) is 0 Å². The molecule has 0 atom stereocenters. The molecule has 1 aliphatic carbocycles. The maximum atomic E-state index is 12.5. The molecule has 0 radical (unpaired) electrons. The van der Waals surface area contributed by atoms with Crippen molar-refractivity contribution in [3.8, 4) is 11.1 Å². The number of likely N-dealkylation sites (tertiary alicyclic amines) is 1. The average molecular weight is 453 g/mol. The molecule has 0 aromatic heterocycles. The third kappa shape index (κ3) is 5.17. The summed E-state index contributed by atoms with van der Waals surface area (Å²) in [6.07, 6.45) is -0.729. The van der Waals surface area contributed by atoms with Gasteiger partial charge < -0.3 is 24.8 Å². The van der Waals surface area contributed by atoms with Crippen molar-refractivity contribution < 1.29 is 29.0 Å². The van der Waals surface area contributed by atoms with E-state index >= 15 is 0 Å². The second-order valence-electron chi connectivity index (χ2n) is 9.14. The molecule has 8 heteroatoms. The Hall–Kier alpha value is -3.39. The molecule has 2 aromatic carbocycles. The van der Waals surface area contributed by atoms with Crippen molar-refractivity contribution in [2.75, 3.05) is 26.3 Å². The van der Waals surface area contributed by atoms with Gasteiger partial charge in [-0.3, -0.25) is 4.79 Å². The highest BCUT2D eigenvalue weighted by atomic mass is 16.5. The Balaban J connectivity index is 1.28. The minimum atomic E-state index is -1.03. The maximum absolute atomic E-state index is 12.5. The Morgan fingerprint density at radius 3 is 2.18 bits per heavy atom. The molecule has 1 heterocycles. The lowest BCUT2D eigenvalue weighted by atomic mass is 9.98. The summed E-state index contributed by atoms with van der Waals surface area (Å²) in [4.78, 5) is 37.2. The van der Waals surface area contributed by atoms with E-state index in [1.807, 2.05) is 24.3 Å². The van der Waals surface area contributed by atoms with Crippen LogP contribution < -0.4 is 5.32 Å². The van der Waals surface area contributed by atoms with Crippen LogP contribution in [0.15, 0.2) is 48.5 Å². The van der Waals surface area contributed by atoms with E-state index in [4.69, 9.17) is 14.6 Å². The fourth-order valence-electron chi connectivity index (χ4n) is 4.38. The smallest absolute Gasteiger partial charge is 0.407 e. The number of ether oxygens (including phenoxy) is 2. The number of hydrogen-bond acceptors (Lipinski definition) is 5. The van der Waals surface area contributed by atoms with E-state index in [0.29, 0.717) is 13.1 Å². The van der Waals surface area contributed by atoms with Crippen molar-refractivity contribution in [3.05, 3.63) is 59.7 Å². The first-order valence-corrected chi connectivity index (χ1v) is 11.0.